The van der Waals surface area contributed by atoms with E-state index in [1.165, 1.54) is 23.5 Å². The van der Waals surface area contributed by atoms with Crippen molar-refractivity contribution in [1.29, 1.82) is 0 Å². The van der Waals surface area contributed by atoms with E-state index >= 15 is 0 Å². The molecule has 0 bridgehead atoms. The van der Waals surface area contributed by atoms with Gasteiger partial charge in [-0.05, 0) is 63.8 Å². The molecule has 0 radical (unpaired) electrons. The number of nitrogen functional groups attached to an aromatic ring is 1. The summed E-state index contributed by atoms with van der Waals surface area (Å²) in [5.74, 6) is -1.90. The van der Waals surface area contributed by atoms with E-state index < -0.39 is 11.6 Å². The number of rotatable bonds is 5. The van der Waals surface area contributed by atoms with Gasteiger partial charge in [0.25, 0.3) is 0 Å². The number of urea groups is 1. The number of pyridine rings is 1. The van der Waals surface area contributed by atoms with Crippen molar-refractivity contribution in [3.05, 3.63) is 83.9 Å². The molecule has 0 spiro atoms. The maximum atomic E-state index is 14.4. The van der Waals surface area contributed by atoms with Gasteiger partial charge >= 0.3 is 6.03 Å². The zero-order chi connectivity index (χ0) is 24.4. The molecule has 0 saturated heterocycles. The van der Waals surface area contributed by atoms with Crippen molar-refractivity contribution in [2.45, 2.75) is 0 Å². The number of nitrogens with one attached hydrogen (secondary N) is 2. The molecule has 5 aromatic rings. The molecule has 2 aromatic carbocycles. The Morgan fingerprint density at radius 3 is 2.60 bits per heavy atom. The summed E-state index contributed by atoms with van der Waals surface area (Å²) in [5.41, 5.74) is 8.30. The van der Waals surface area contributed by atoms with Gasteiger partial charge in [0.05, 0.1) is 10.6 Å². The van der Waals surface area contributed by atoms with Gasteiger partial charge in [-0.3, -0.25) is 5.32 Å². The number of hydrogen-bond donors (Lipinski definition) is 3. The van der Waals surface area contributed by atoms with Crippen LogP contribution >= 0.6 is 11.3 Å². The van der Waals surface area contributed by atoms with E-state index in [-0.39, 0.29) is 23.4 Å². The third-order valence-corrected chi connectivity index (χ3v) is 5.81. The monoisotopic (exact) mass is 490 g/mol. The summed E-state index contributed by atoms with van der Waals surface area (Å²) >= 11 is 1.42. The molecule has 0 fully saturated rings. The highest BCUT2D eigenvalue weighted by atomic mass is 32.1. The van der Waals surface area contributed by atoms with E-state index in [1.807, 2.05) is 11.4 Å². The Morgan fingerprint density at radius 1 is 1.00 bits per heavy atom. The quantitative estimate of drug-likeness (QED) is 0.320. The summed E-state index contributed by atoms with van der Waals surface area (Å²) in [6.07, 6.45) is 1.57. The van der Waals surface area contributed by atoms with E-state index in [0.29, 0.717) is 16.8 Å². The first-order chi connectivity index (χ1) is 17.0. The average molecular weight is 490 g/mol. The summed E-state index contributed by atoms with van der Waals surface area (Å²) in [6, 6.07) is 15.8. The van der Waals surface area contributed by atoms with Crippen LogP contribution in [0.25, 0.3) is 28.2 Å². The van der Waals surface area contributed by atoms with Gasteiger partial charge in [0.15, 0.2) is 17.5 Å². The minimum absolute atomic E-state index is 0.102. The molecule has 9 nitrogen and oxygen atoms in total. The van der Waals surface area contributed by atoms with Gasteiger partial charge in [-0.15, -0.1) is 16.4 Å². The summed E-state index contributed by atoms with van der Waals surface area (Å²) in [5, 5.41) is 19.5. The van der Waals surface area contributed by atoms with E-state index in [0.717, 1.165) is 21.3 Å². The van der Waals surface area contributed by atoms with Gasteiger partial charge in [0.1, 0.15) is 11.5 Å². The van der Waals surface area contributed by atoms with Crippen molar-refractivity contribution >= 4 is 33.9 Å². The number of amides is 2. The van der Waals surface area contributed by atoms with Crippen molar-refractivity contribution in [3.8, 4) is 28.2 Å². The lowest BCUT2D eigenvalue weighted by molar-refractivity contribution is 0.262. The van der Waals surface area contributed by atoms with Crippen LogP contribution < -0.4 is 16.4 Å². The standard InChI is InChI=1S/C23H16F2N8OS/c24-17-3-1-4-18(20(17)25)33-22(30-31-32-33)16-11-14(12-27-21(16)26)13-6-8-15(9-7-13)28-23(34)29-19-5-2-10-35-19/h1-12H,(H2,26,27)(H2,28,29,34). The van der Waals surface area contributed by atoms with Gasteiger partial charge in [-0.1, -0.05) is 18.2 Å². The molecule has 3 heterocycles. The van der Waals surface area contributed by atoms with Crippen LogP contribution in [0, 0.1) is 11.6 Å². The molecule has 2 amide bonds. The largest absolute Gasteiger partial charge is 0.383 e. The topological polar surface area (TPSA) is 124 Å². The number of anilines is 3. The Labute approximate surface area is 201 Å². The molecule has 5 rings (SSSR count). The molecule has 0 aliphatic rings. The SMILES string of the molecule is Nc1ncc(-c2ccc(NC(=O)Nc3cccs3)cc2)cc1-c1nnnn1-c1cccc(F)c1F. The molecule has 0 atom stereocenters. The third kappa shape index (κ3) is 4.54. The van der Waals surface area contributed by atoms with Crippen LogP contribution in [0.15, 0.2) is 72.2 Å². The average Bonchev–Trinajstić information content (AvgIpc) is 3.54. The third-order valence-electron chi connectivity index (χ3n) is 5.02. The predicted molar refractivity (Wildman–Crippen MR) is 129 cm³/mol. The predicted octanol–water partition coefficient (Wildman–Crippen LogP) is 4.96. The van der Waals surface area contributed by atoms with E-state index in [4.69, 9.17) is 5.73 Å². The number of carbonyl (C=O) groups excluding carboxylic acids is 1. The number of nitrogens with two attached hydrogens (primary N) is 1. The highest BCUT2D eigenvalue weighted by molar-refractivity contribution is 7.14. The number of aromatic nitrogens is 5. The summed E-state index contributed by atoms with van der Waals surface area (Å²) in [6.45, 7) is 0. The lowest BCUT2D eigenvalue weighted by Crippen LogP contribution is -2.18. The number of benzene rings is 2. The van der Waals surface area contributed by atoms with Crippen molar-refractivity contribution in [2.75, 3.05) is 16.4 Å². The molecule has 174 valence electrons. The van der Waals surface area contributed by atoms with Crippen molar-refractivity contribution < 1.29 is 13.6 Å². The lowest BCUT2D eigenvalue weighted by atomic mass is 10.0. The Hall–Kier alpha value is -4.71. The van der Waals surface area contributed by atoms with Crippen molar-refractivity contribution in [1.82, 2.24) is 25.2 Å². The smallest absolute Gasteiger partial charge is 0.324 e. The maximum Gasteiger partial charge on any atom is 0.324 e. The van der Waals surface area contributed by atoms with Crippen LogP contribution in [0.4, 0.5) is 30.1 Å². The normalized spacial score (nSPS) is 10.8. The first-order valence-corrected chi connectivity index (χ1v) is 11.1. The second-order valence-corrected chi connectivity index (χ2v) is 8.23. The molecule has 3 aromatic heterocycles. The Kier molecular flexibility index (Phi) is 5.85. The Bertz CT molecular complexity index is 1500. The number of tetrazole rings is 1. The zero-order valence-corrected chi connectivity index (χ0v) is 18.6. The number of nitrogens with zero attached hydrogens (tertiary/aromatic N) is 5. The minimum Gasteiger partial charge on any atom is -0.383 e. The molecule has 0 unspecified atom stereocenters. The summed E-state index contributed by atoms with van der Waals surface area (Å²) in [4.78, 5) is 16.4. The highest BCUT2D eigenvalue weighted by Gasteiger charge is 2.19. The molecular formula is C23H16F2N8OS. The first-order valence-electron chi connectivity index (χ1n) is 10.2. The minimum atomic E-state index is -1.09. The van der Waals surface area contributed by atoms with Crippen LogP contribution in [0.1, 0.15) is 0 Å². The molecule has 0 saturated carbocycles. The lowest BCUT2D eigenvalue weighted by Gasteiger charge is -2.10. The molecule has 35 heavy (non-hydrogen) atoms. The van der Waals surface area contributed by atoms with E-state index in [9.17, 15) is 13.6 Å². The van der Waals surface area contributed by atoms with Gasteiger partial charge in [0.2, 0.25) is 0 Å². The van der Waals surface area contributed by atoms with Crippen LogP contribution in [-0.2, 0) is 0 Å². The van der Waals surface area contributed by atoms with Crippen LogP contribution in [-0.4, -0.2) is 31.2 Å². The van der Waals surface area contributed by atoms with Crippen molar-refractivity contribution in [3.63, 3.8) is 0 Å². The molecular weight excluding hydrogens is 474 g/mol. The maximum absolute atomic E-state index is 14.4. The van der Waals surface area contributed by atoms with Crippen LogP contribution in [0.5, 0.6) is 0 Å². The fraction of sp³-hybridized carbons (Fsp3) is 0. The highest BCUT2D eigenvalue weighted by Crippen LogP contribution is 2.30. The fourth-order valence-electron chi connectivity index (χ4n) is 3.36. The van der Waals surface area contributed by atoms with Crippen molar-refractivity contribution in [2.24, 2.45) is 0 Å². The van der Waals surface area contributed by atoms with Gasteiger partial charge in [-0.2, -0.15) is 4.68 Å². The molecule has 0 aliphatic carbocycles. The summed E-state index contributed by atoms with van der Waals surface area (Å²) < 4.78 is 29.2. The van der Waals surface area contributed by atoms with E-state index in [2.05, 4.69) is 31.1 Å². The second kappa shape index (κ2) is 9.27. The Balaban J connectivity index is 1.41. The summed E-state index contributed by atoms with van der Waals surface area (Å²) in [7, 11) is 0. The van der Waals surface area contributed by atoms with Gasteiger partial charge in [0, 0.05) is 17.4 Å². The number of carbonyl (C=O) groups is 1. The number of thiophene rings is 1. The van der Waals surface area contributed by atoms with E-state index in [1.54, 1.807) is 42.6 Å². The second-order valence-electron chi connectivity index (χ2n) is 7.28. The van der Waals surface area contributed by atoms with Gasteiger partial charge in [-0.25, -0.2) is 18.6 Å². The Morgan fingerprint density at radius 2 is 1.83 bits per heavy atom. The molecule has 4 N–H and O–H groups in total. The number of hydrogen-bond acceptors (Lipinski definition) is 7. The van der Waals surface area contributed by atoms with Gasteiger partial charge < -0.3 is 11.1 Å². The zero-order valence-electron chi connectivity index (χ0n) is 17.8. The van der Waals surface area contributed by atoms with Crippen LogP contribution in [0.3, 0.4) is 0 Å². The number of halogens is 2. The molecule has 0 aliphatic heterocycles. The molecule has 12 heteroatoms. The first kappa shape index (κ1) is 22.1. The fourth-order valence-corrected chi connectivity index (χ4v) is 3.97. The van der Waals surface area contributed by atoms with Crippen LogP contribution in [0.2, 0.25) is 0 Å².